The Morgan fingerprint density at radius 3 is 2.04 bits per heavy atom. The Morgan fingerprint density at radius 1 is 1.00 bits per heavy atom. The summed E-state index contributed by atoms with van der Waals surface area (Å²) in [7, 11) is 0. The molecule has 3 rings (SSSR count). The van der Waals surface area contributed by atoms with Crippen LogP contribution in [-0.2, 0) is 14.3 Å². The van der Waals surface area contributed by atoms with Crippen LogP contribution in [0.25, 0.3) is 11.1 Å². The van der Waals surface area contributed by atoms with E-state index in [-0.39, 0.29) is 24.9 Å². The quantitative estimate of drug-likeness (QED) is 0.776. The summed E-state index contributed by atoms with van der Waals surface area (Å²) < 4.78 is 10.3. The minimum Gasteiger partial charge on any atom is -0.479 e. The first-order valence-corrected chi connectivity index (χ1v) is 8.71. The highest BCUT2D eigenvalue weighted by Gasteiger charge is 2.30. The lowest BCUT2D eigenvalue weighted by atomic mass is 9.98. The second-order valence-corrected chi connectivity index (χ2v) is 6.86. The van der Waals surface area contributed by atoms with Crippen LogP contribution in [0, 0.1) is 5.92 Å². The van der Waals surface area contributed by atoms with Gasteiger partial charge in [-0.1, -0.05) is 62.4 Å². The van der Waals surface area contributed by atoms with Crippen molar-refractivity contribution in [3.8, 4) is 11.1 Å². The fraction of sp³-hybridized carbons (Fsp3) is 0.333. The molecule has 1 aliphatic rings. The van der Waals surface area contributed by atoms with Crippen molar-refractivity contribution in [3.05, 3.63) is 59.7 Å². The van der Waals surface area contributed by atoms with Crippen LogP contribution in [0.1, 0.15) is 37.3 Å². The molecule has 0 amide bonds. The third-order valence-electron chi connectivity index (χ3n) is 4.53. The molecule has 2 aromatic carbocycles. The zero-order chi connectivity index (χ0) is 18.7. The molecule has 136 valence electrons. The molecular formula is C21H22O5. The standard InChI is InChI=1S/C21H22O5/c1-13(2)11-19(20(22)23)26-21(24)25-12-18-16-9-5-3-7-14(16)15-8-4-6-10-17(15)18/h3-10,13,18-19H,11-12H2,1-2H3,(H,22,23)/t19-/m1/s1. The lowest BCUT2D eigenvalue weighted by Gasteiger charge is -2.17. The van der Waals surface area contributed by atoms with Crippen molar-refractivity contribution in [3.63, 3.8) is 0 Å². The van der Waals surface area contributed by atoms with E-state index in [1.165, 1.54) is 0 Å². The predicted octanol–water partition coefficient (Wildman–Crippen LogP) is 4.45. The van der Waals surface area contributed by atoms with Gasteiger partial charge >= 0.3 is 12.1 Å². The van der Waals surface area contributed by atoms with Gasteiger partial charge in [0.1, 0.15) is 6.61 Å². The number of aliphatic carboxylic acids is 1. The van der Waals surface area contributed by atoms with Crippen molar-refractivity contribution in [2.45, 2.75) is 32.3 Å². The average Bonchev–Trinajstić information content (AvgIpc) is 2.93. The van der Waals surface area contributed by atoms with Crippen LogP contribution in [0.5, 0.6) is 0 Å². The molecule has 0 heterocycles. The highest BCUT2D eigenvalue weighted by molar-refractivity contribution is 5.79. The molecule has 26 heavy (non-hydrogen) atoms. The topological polar surface area (TPSA) is 72.8 Å². The minimum atomic E-state index is -1.19. The van der Waals surface area contributed by atoms with Gasteiger partial charge in [-0.25, -0.2) is 9.59 Å². The number of carboxylic acids is 1. The van der Waals surface area contributed by atoms with Crippen molar-refractivity contribution in [2.75, 3.05) is 6.61 Å². The molecule has 0 radical (unpaired) electrons. The Labute approximate surface area is 152 Å². The monoisotopic (exact) mass is 354 g/mol. The number of hydrogen-bond donors (Lipinski definition) is 1. The maximum absolute atomic E-state index is 12.0. The molecule has 2 aromatic rings. The van der Waals surface area contributed by atoms with Gasteiger partial charge in [0.05, 0.1) is 0 Å². The Balaban J connectivity index is 1.70. The number of hydrogen-bond acceptors (Lipinski definition) is 4. The van der Waals surface area contributed by atoms with Gasteiger partial charge in [0.25, 0.3) is 0 Å². The summed E-state index contributed by atoms with van der Waals surface area (Å²) in [6.45, 7) is 3.86. The SMILES string of the molecule is CC(C)C[C@@H](OC(=O)OCC1c2ccccc2-c2ccccc21)C(=O)O. The smallest absolute Gasteiger partial charge is 0.479 e. The second kappa shape index (κ2) is 7.60. The molecule has 5 heteroatoms. The van der Waals surface area contributed by atoms with E-state index in [1.54, 1.807) is 0 Å². The van der Waals surface area contributed by atoms with Crippen molar-refractivity contribution < 1.29 is 24.2 Å². The van der Waals surface area contributed by atoms with Gasteiger partial charge in [-0.05, 0) is 34.6 Å². The summed E-state index contributed by atoms with van der Waals surface area (Å²) >= 11 is 0. The Kier molecular flexibility index (Phi) is 5.26. The van der Waals surface area contributed by atoms with E-state index in [0.717, 1.165) is 22.3 Å². The Bertz CT molecular complexity index is 766. The highest BCUT2D eigenvalue weighted by atomic mass is 16.7. The molecule has 5 nitrogen and oxygen atoms in total. The molecule has 1 N–H and O–H groups in total. The number of carboxylic acid groups (broad SMARTS) is 1. The van der Waals surface area contributed by atoms with Crippen molar-refractivity contribution in [1.29, 1.82) is 0 Å². The van der Waals surface area contributed by atoms with Crippen molar-refractivity contribution in [1.82, 2.24) is 0 Å². The fourth-order valence-corrected chi connectivity index (χ4v) is 3.37. The largest absolute Gasteiger partial charge is 0.509 e. The minimum absolute atomic E-state index is 0.0803. The van der Waals surface area contributed by atoms with Crippen molar-refractivity contribution >= 4 is 12.1 Å². The molecule has 0 spiro atoms. The normalized spacial score (nSPS) is 13.8. The molecular weight excluding hydrogens is 332 g/mol. The molecule has 0 unspecified atom stereocenters. The van der Waals surface area contributed by atoms with E-state index >= 15 is 0 Å². The molecule has 0 fully saturated rings. The van der Waals surface area contributed by atoms with Crippen LogP contribution in [0.4, 0.5) is 4.79 Å². The molecule has 0 bridgehead atoms. The van der Waals surface area contributed by atoms with Gasteiger partial charge in [0.2, 0.25) is 6.10 Å². The van der Waals surface area contributed by atoms with Crippen LogP contribution in [-0.4, -0.2) is 29.9 Å². The van der Waals surface area contributed by atoms with Crippen molar-refractivity contribution in [2.24, 2.45) is 5.92 Å². The first kappa shape index (κ1) is 18.0. The molecule has 0 aliphatic heterocycles. The van der Waals surface area contributed by atoms with E-state index in [0.29, 0.717) is 0 Å². The van der Waals surface area contributed by atoms with Gasteiger partial charge in [-0.15, -0.1) is 0 Å². The number of ether oxygens (including phenoxy) is 2. The summed E-state index contributed by atoms with van der Waals surface area (Å²) in [6.07, 6.45) is -1.88. The van der Waals surface area contributed by atoms with Gasteiger partial charge in [-0.3, -0.25) is 0 Å². The number of fused-ring (bicyclic) bond motifs is 3. The number of benzene rings is 2. The summed E-state index contributed by atoms with van der Waals surface area (Å²) in [5.41, 5.74) is 4.46. The molecule has 0 saturated heterocycles. The lowest BCUT2D eigenvalue weighted by Crippen LogP contribution is -2.29. The van der Waals surface area contributed by atoms with Gasteiger partial charge in [-0.2, -0.15) is 0 Å². The van der Waals surface area contributed by atoms with Gasteiger partial charge < -0.3 is 14.6 Å². The van der Waals surface area contributed by atoms with Crippen LogP contribution in [0.3, 0.4) is 0 Å². The van der Waals surface area contributed by atoms with E-state index in [4.69, 9.17) is 9.47 Å². The maximum Gasteiger partial charge on any atom is 0.509 e. The molecule has 1 atom stereocenters. The van der Waals surface area contributed by atoms with E-state index in [2.05, 4.69) is 12.1 Å². The second-order valence-electron chi connectivity index (χ2n) is 6.86. The first-order valence-electron chi connectivity index (χ1n) is 8.71. The third-order valence-corrected chi connectivity index (χ3v) is 4.53. The summed E-state index contributed by atoms with van der Waals surface area (Å²) in [5.74, 6) is -1.15. The van der Waals surface area contributed by atoms with E-state index in [9.17, 15) is 14.7 Å². The number of rotatable bonds is 6. The number of carbonyl (C=O) groups is 2. The summed E-state index contributed by atoms with van der Waals surface area (Å²) in [6, 6.07) is 16.0. The zero-order valence-electron chi connectivity index (χ0n) is 14.8. The molecule has 0 saturated carbocycles. The Morgan fingerprint density at radius 2 is 1.54 bits per heavy atom. The van der Waals surface area contributed by atoms with Gasteiger partial charge in [0, 0.05) is 5.92 Å². The van der Waals surface area contributed by atoms with Crippen LogP contribution in [0.15, 0.2) is 48.5 Å². The third kappa shape index (κ3) is 3.72. The van der Waals surface area contributed by atoms with Crippen LogP contribution < -0.4 is 0 Å². The lowest BCUT2D eigenvalue weighted by molar-refractivity contribution is -0.149. The average molecular weight is 354 g/mol. The van der Waals surface area contributed by atoms with E-state index in [1.807, 2.05) is 50.2 Å². The predicted molar refractivity (Wildman–Crippen MR) is 97.0 cm³/mol. The van der Waals surface area contributed by atoms with E-state index < -0.39 is 18.2 Å². The van der Waals surface area contributed by atoms with Crippen LogP contribution >= 0.6 is 0 Å². The fourth-order valence-electron chi connectivity index (χ4n) is 3.37. The molecule has 0 aromatic heterocycles. The van der Waals surface area contributed by atoms with Crippen LogP contribution in [0.2, 0.25) is 0 Å². The summed E-state index contributed by atoms with van der Waals surface area (Å²) in [4.78, 5) is 23.2. The zero-order valence-corrected chi connectivity index (χ0v) is 14.8. The first-order chi connectivity index (χ1) is 12.5. The summed E-state index contributed by atoms with van der Waals surface area (Å²) in [5, 5.41) is 9.18. The molecule has 1 aliphatic carbocycles. The maximum atomic E-state index is 12.0. The highest BCUT2D eigenvalue weighted by Crippen LogP contribution is 2.44. The Hall–Kier alpha value is -2.82. The van der Waals surface area contributed by atoms with Gasteiger partial charge in [0.15, 0.2) is 0 Å². The number of carbonyl (C=O) groups excluding carboxylic acids is 1.